The van der Waals surface area contributed by atoms with Crippen molar-refractivity contribution in [2.75, 3.05) is 0 Å². The summed E-state index contributed by atoms with van der Waals surface area (Å²) < 4.78 is 0. The summed E-state index contributed by atoms with van der Waals surface area (Å²) in [6.45, 7) is 4.19. The first-order valence-corrected chi connectivity index (χ1v) is 5.24. The Bertz CT molecular complexity index is 580. The average molecular weight is 199 g/mol. The predicted molar refractivity (Wildman–Crippen MR) is 62.1 cm³/mol. The van der Waals surface area contributed by atoms with Gasteiger partial charge in [0.2, 0.25) is 0 Å². The molecule has 3 aromatic rings. The van der Waals surface area contributed by atoms with Gasteiger partial charge in [-0.15, -0.1) is 0 Å². The van der Waals surface area contributed by atoms with Crippen molar-refractivity contribution in [1.82, 2.24) is 15.0 Å². The number of pyridine rings is 1. The number of nitrogens with zero attached hydrogens (tertiary/aromatic N) is 1. The molecule has 0 saturated carbocycles. The van der Waals surface area contributed by atoms with Gasteiger partial charge in [0.05, 0.1) is 22.1 Å². The van der Waals surface area contributed by atoms with Gasteiger partial charge in [-0.1, -0.05) is 6.92 Å². The highest BCUT2D eigenvalue weighted by Crippen LogP contribution is 2.20. The Morgan fingerprint density at radius 1 is 1.07 bits per heavy atom. The van der Waals surface area contributed by atoms with E-state index < -0.39 is 0 Å². The lowest BCUT2D eigenvalue weighted by molar-refractivity contribution is 1.07. The van der Waals surface area contributed by atoms with Gasteiger partial charge >= 0.3 is 0 Å². The molecule has 0 amide bonds. The molecule has 0 aliphatic heterocycles. The Morgan fingerprint density at radius 3 is 2.60 bits per heavy atom. The first kappa shape index (κ1) is 8.53. The zero-order chi connectivity index (χ0) is 10.4. The second-order valence-electron chi connectivity index (χ2n) is 3.95. The number of aryl methyl sites for hydroxylation is 2. The SMILES string of the molecule is CCc1cc2nc3cc(C)[nH]c3cc2[nH]1. The predicted octanol–water partition coefficient (Wildman–Crippen LogP) is 2.92. The van der Waals surface area contributed by atoms with Crippen LogP contribution in [-0.4, -0.2) is 15.0 Å². The van der Waals surface area contributed by atoms with Crippen LogP contribution in [0.4, 0.5) is 0 Å². The third-order valence-corrected chi connectivity index (χ3v) is 2.75. The molecule has 3 rings (SSSR count). The van der Waals surface area contributed by atoms with Gasteiger partial charge in [-0.05, 0) is 31.5 Å². The van der Waals surface area contributed by atoms with Crippen molar-refractivity contribution in [2.45, 2.75) is 20.3 Å². The highest BCUT2D eigenvalue weighted by atomic mass is 14.8. The molecule has 0 bridgehead atoms. The molecule has 3 aromatic heterocycles. The minimum Gasteiger partial charge on any atom is -0.357 e. The average Bonchev–Trinajstić information content (AvgIpc) is 2.74. The van der Waals surface area contributed by atoms with Gasteiger partial charge in [-0.2, -0.15) is 0 Å². The maximum Gasteiger partial charge on any atom is 0.0890 e. The van der Waals surface area contributed by atoms with Crippen molar-refractivity contribution >= 4 is 22.1 Å². The number of aromatic nitrogens is 3. The van der Waals surface area contributed by atoms with E-state index in [0.29, 0.717) is 0 Å². The van der Waals surface area contributed by atoms with Crippen LogP contribution in [-0.2, 0) is 6.42 Å². The lowest BCUT2D eigenvalue weighted by Crippen LogP contribution is -1.77. The van der Waals surface area contributed by atoms with Crippen LogP contribution < -0.4 is 0 Å². The van der Waals surface area contributed by atoms with Crippen LogP contribution >= 0.6 is 0 Å². The largest absolute Gasteiger partial charge is 0.357 e. The summed E-state index contributed by atoms with van der Waals surface area (Å²) in [7, 11) is 0. The fourth-order valence-corrected chi connectivity index (χ4v) is 1.98. The Labute approximate surface area is 87.5 Å². The lowest BCUT2D eigenvalue weighted by Gasteiger charge is -1.90. The van der Waals surface area contributed by atoms with E-state index in [0.717, 1.165) is 34.2 Å². The van der Waals surface area contributed by atoms with E-state index in [1.54, 1.807) is 0 Å². The molecule has 0 fully saturated rings. The maximum atomic E-state index is 4.60. The Hall–Kier alpha value is -1.77. The van der Waals surface area contributed by atoms with Crippen LogP contribution in [0.5, 0.6) is 0 Å². The van der Waals surface area contributed by atoms with Crippen molar-refractivity contribution in [2.24, 2.45) is 0 Å². The zero-order valence-corrected chi connectivity index (χ0v) is 8.89. The molecule has 3 heteroatoms. The molecular formula is C12H13N3. The van der Waals surface area contributed by atoms with Crippen molar-refractivity contribution in [3.8, 4) is 0 Å². The normalized spacial score (nSPS) is 11.6. The minimum absolute atomic E-state index is 1.02. The van der Waals surface area contributed by atoms with Gasteiger partial charge < -0.3 is 9.97 Å². The molecule has 0 aromatic carbocycles. The number of rotatable bonds is 1. The smallest absolute Gasteiger partial charge is 0.0890 e. The summed E-state index contributed by atoms with van der Waals surface area (Å²) in [4.78, 5) is 11.3. The number of aromatic amines is 2. The van der Waals surface area contributed by atoms with Gasteiger partial charge in [-0.25, -0.2) is 4.98 Å². The van der Waals surface area contributed by atoms with Gasteiger partial charge in [-0.3, -0.25) is 0 Å². The molecule has 76 valence electrons. The first-order valence-electron chi connectivity index (χ1n) is 5.24. The molecule has 3 heterocycles. The first-order chi connectivity index (χ1) is 7.26. The van der Waals surface area contributed by atoms with E-state index in [1.807, 2.05) is 6.92 Å². The number of nitrogens with one attached hydrogen (secondary N) is 2. The van der Waals surface area contributed by atoms with E-state index in [1.165, 1.54) is 5.69 Å². The summed E-state index contributed by atoms with van der Waals surface area (Å²) in [5.74, 6) is 0. The molecule has 0 radical (unpaired) electrons. The van der Waals surface area contributed by atoms with Crippen LogP contribution in [0, 0.1) is 6.92 Å². The lowest BCUT2D eigenvalue weighted by atomic mass is 10.3. The third kappa shape index (κ3) is 1.23. The quantitative estimate of drug-likeness (QED) is 0.621. The summed E-state index contributed by atoms with van der Waals surface area (Å²) in [6.07, 6.45) is 1.02. The van der Waals surface area contributed by atoms with Crippen molar-refractivity contribution in [3.05, 3.63) is 29.6 Å². The summed E-state index contributed by atoms with van der Waals surface area (Å²) in [5.41, 5.74) is 6.70. The van der Waals surface area contributed by atoms with Crippen LogP contribution in [0.3, 0.4) is 0 Å². The van der Waals surface area contributed by atoms with E-state index in [2.05, 4.69) is 40.1 Å². The van der Waals surface area contributed by atoms with Crippen LogP contribution in [0.15, 0.2) is 18.2 Å². The van der Waals surface area contributed by atoms with Crippen LogP contribution in [0.2, 0.25) is 0 Å². The van der Waals surface area contributed by atoms with E-state index in [4.69, 9.17) is 0 Å². The van der Waals surface area contributed by atoms with Crippen molar-refractivity contribution in [3.63, 3.8) is 0 Å². The standard InChI is InChI=1S/C12H13N3/c1-3-8-5-10-12(14-8)6-11-9(15-10)4-7(2)13-11/h4-6,13-14H,3H2,1-2H3. The molecule has 0 saturated heterocycles. The maximum absolute atomic E-state index is 4.60. The van der Waals surface area contributed by atoms with Crippen molar-refractivity contribution in [1.29, 1.82) is 0 Å². The molecule has 0 unspecified atom stereocenters. The fraction of sp³-hybridized carbons (Fsp3) is 0.250. The molecule has 3 nitrogen and oxygen atoms in total. The molecule has 0 aliphatic carbocycles. The highest BCUT2D eigenvalue weighted by molar-refractivity contribution is 5.90. The van der Waals surface area contributed by atoms with E-state index in [9.17, 15) is 0 Å². The van der Waals surface area contributed by atoms with Gasteiger partial charge in [0.1, 0.15) is 0 Å². The fourth-order valence-electron chi connectivity index (χ4n) is 1.98. The second-order valence-corrected chi connectivity index (χ2v) is 3.95. The van der Waals surface area contributed by atoms with E-state index >= 15 is 0 Å². The molecule has 0 aliphatic rings. The Morgan fingerprint density at radius 2 is 1.80 bits per heavy atom. The van der Waals surface area contributed by atoms with Gasteiger partial charge in [0, 0.05) is 11.4 Å². The van der Waals surface area contributed by atoms with Crippen LogP contribution in [0.1, 0.15) is 18.3 Å². The van der Waals surface area contributed by atoms with Crippen molar-refractivity contribution < 1.29 is 0 Å². The molecule has 0 atom stereocenters. The molecular weight excluding hydrogens is 186 g/mol. The van der Waals surface area contributed by atoms with Crippen LogP contribution in [0.25, 0.3) is 22.1 Å². The molecule has 0 spiro atoms. The number of hydrogen-bond acceptors (Lipinski definition) is 1. The second kappa shape index (κ2) is 2.86. The summed E-state index contributed by atoms with van der Waals surface area (Å²) in [6, 6.07) is 6.33. The van der Waals surface area contributed by atoms with Gasteiger partial charge in [0.25, 0.3) is 0 Å². The number of fused-ring (bicyclic) bond motifs is 2. The monoisotopic (exact) mass is 199 g/mol. The van der Waals surface area contributed by atoms with Gasteiger partial charge in [0.15, 0.2) is 0 Å². The Balaban J connectivity index is 2.37. The van der Waals surface area contributed by atoms with E-state index in [-0.39, 0.29) is 0 Å². The summed E-state index contributed by atoms with van der Waals surface area (Å²) >= 11 is 0. The topological polar surface area (TPSA) is 44.5 Å². The summed E-state index contributed by atoms with van der Waals surface area (Å²) in [5, 5.41) is 0. The molecule has 2 N–H and O–H groups in total. The Kier molecular flexibility index (Phi) is 1.63. The number of H-pyrrole nitrogens is 2. The molecule has 15 heavy (non-hydrogen) atoms. The minimum atomic E-state index is 1.02. The highest BCUT2D eigenvalue weighted by Gasteiger charge is 2.04. The zero-order valence-electron chi connectivity index (χ0n) is 8.89. The third-order valence-electron chi connectivity index (χ3n) is 2.75. The number of hydrogen-bond donors (Lipinski definition) is 2.